The molecule has 2 heteroatoms. The third-order valence-electron chi connectivity index (χ3n) is 2.62. The summed E-state index contributed by atoms with van der Waals surface area (Å²) in [7, 11) is 0. The minimum atomic E-state index is 0.396. The molecular formula is C10H24N2. The Labute approximate surface area is 76.7 Å². The fourth-order valence-corrected chi connectivity index (χ4v) is 1.29. The molecule has 2 nitrogen and oxygen atoms in total. The lowest BCUT2D eigenvalue weighted by Gasteiger charge is -2.17. The van der Waals surface area contributed by atoms with Gasteiger partial charge in [-0.05, 0) is 25.3 Å². The average Bonchev–Trinajstić information content (AvgIpc) is 2.10. The summed E-state index contributed by atoms with van der Waals surface area (Å²) in [6, 6.07) is 0.396. The van der Waals surface area contributed by atoms with Crippen LogP contribution in [-0.2, 0) is 0 Å². The summed E-state index contributed by atoms with van der Waals surface area (Å²) >= 11 is 0. The van der Waals surface area contributed by atoms with Gasteiger partial charge in [-0.2, -0.15) is 0 Å². The van der Waals surface area contributed by atoms with E-state index in [2.05, 4.69) is 13.8 Å². The van der Waals surface area contributed by atoms with Crippen molar-refractivity contribution in [3.05, 3.63) is 0 Å². The van der Waals surface area contributed by atoms with Crippen molar-refractivity contribution in [2.24, 2.45) is 17.4 Å². The van der Waals surface area contributed by atoms with Crippen molar-refractivity contribution in [2.75, 3.05) is 6.54 Å². The molecule has 0 heterocycles. The van der Waals surface area contributed by atoms with Gasteiger partial charge in [0, 0.05) is 6.04 Å². The summed E-state index contributed by atoms with van der Waals surface area (Å²) in [5.74, 6) is 0.669. The SMILES string of the molecule is CCC(C)C(N)CCCCCN. The van der Waals surface area contributed by atoms with E-state index in [1.807, 2.05) is 0 Å². The van der Waals surface area contributed by atoms with Crippen LogP contribution in [0, 0.1) is 5.92 Å². The van der Waals surface area contributed by atoms with Gasteiger partial charge in [0.15, 0.2) is 0 Å². The van der Waals surface area contributed by atoms with E-state index in [0.717, 1.165) is 19.4 Å². The maximum absolute atomic E-state index is 5.98. The molecule has 0 radical (unpaired) electrons. The molecule has 2 atom stereocenters. The first kappa shape index (κ1) is 11.9. The van der Waals surface area contributed by atoms with Gasteiger partial charge in [-0.3, -0.25) is 0 Å². The highest BCUT2D eigenvalue weighted by molar-refractivity contribution is 4.67. The van der Waals surface area contributed by atoms with E-state index in [-0.39, 0.29) is 0 Å². The lowest BCUT2D eigenvalue weighted by atomic mass is 9.95. The Balaban J connectivity index is 3.24. The fourth-order valence-electron chi connectivity index (χ4n) is 1.29. The van der Waals surface area contributed by atoms with Crippen LogP contribution in [0.15, 0.2) is 0 Å². The molecule has 0 bridgehead atoms. The molecule has 0 aliphatic carbocycles. The first-order chi connectivity index (χ1) is 5.72. The van der Waals surface area contributed by atoms with Gasteiger partial charge < -0.3 is 11.5 Å². The molecular weight excluding hydrogens is 148 g/mol. The van der Waals surface area contributed by atoms with Crippen molar-refractivity contribution >= 4 is 0 Å². The first-order valence-electron chi connectivity index (χ1n) is 5.18. The summed E-state index contributed by atoms with van der Waals surface area (Å²) in [6.45, 7) is 5.25. The Hall–Kier alpha value is -0.0800. The van der Waals surface area contributed by atoms with Gasteiger partial charge >= 0.3 is 0 Å². The van der Waals surface area contributed by atoms with E-state index in [9.17, 15) is 0 Å². The van der Waals surface area contributed by atoms with Crippen LogP contribution < -0.4 is 11.5 Å². The lowest BCUT2D eigenvalue weighted by Crippen LogP contribution is -2.27. The molecule has 12 heavy (non-hydrogen) atoms. The average molecular weight is 172 g/mol. The third-order valence-corrected chi connectivity index (χ3v) is 2.62. The zero-order chi connectivity index (χ0) is 9.40. The standard InChI is InChI=1S/C10H24N2/c1-3-9(2)10(12)7-5-4-6-8-11/h9-10H,3-8,11-12H2,1-2H3. The van der Waals surface area contributed by atoms with E-state index >= 15 is 0 Å². The molecule has 0 fully saturated rings. The molecule has 0 aromatic carbocycles. The minimum absolute atomic E-state index is 0.396. The van der Waals surface area contributed by atoms with Gasteiger partial charge in [-0.1, -0.05) is 33.1 Å². The zero-order valence-corrected chi connectivity index (χ0v) is 8.55. The van der Waals surface area contributed by atoms with Gasteiger partial charge in [-0.15, -0.1) is 0 Å². The highest BCUT2D eigenvalue weighted by Crippen LogP contribution is 2.11. The summed E-state index contributed by atoms with van der Waals surface area (Å²) < 4.78 is 0. The lowest BCUT2D eigenvalue weighted by molar-refractivity contribution is 0.405. The normalized spacial score (nSPS) is 16.0. The number of hydrogen-bond donors (Lipinski definition) is 2. The van der Waals surface area contributed by atoms with E-state index in [1.54, 1.807) is 0 Å². The predicted molar refractivity (Wildman–Crippen MR) is 55.0 cm³/mol. The first-order valence-corrected chi connectivity index (χ1v) is 5.18. The quantitative estimate of drug-likeness (QED) is 0.576. The molecule has 0 aromatic rings. The van der Waals surface area contributed by atoms with Gasteiger partial charge in [0.25, 0.3) is 0 Å². The molecule has 0 aliphatic heterocycles. The third kappa shape index (κ3) is 5.56. The Bertz CT molecular complexity index is 93.8. The minimum Gasteiger partial charge on any atom is -0.330 e. The van der Waals surface area contributed by atoms with Crippen LogP contribution in [0.2, 0.25) is 0 Å². The van der Waals surface area contributed by atoms with Crippen LogP contribution in [0.4, 0.5) is 0 Å². The van der Waals surface area contributed by atoms with E-state index in [1.165, 1.54) is 19.3 Å². The number of rotatable bonds is 7. The van der Waals surface area contributed by atoms with Gasteiger partial charge in [-0.25, -0.2) is 0 Å². The Morgan fingerprint density at radius 2 is 1.83 bits per heavy atom. The summed E-state index contributed by atoms with van der Waals surface area (Å²) in [4.78, 5) is 0. The molecule has 0 amide bonds. The molecule has 4 N–H and O–H groups in total. The molecule has 74 valence electrons. The molecule has 0 saturated carbocycles. The smallest absolute Gasteiger partial charge is 0.00644 e. The molecule has 0 aromatic heterocycles. The Morgan fingerprint density at radius 3 is 2.33 bits per heavy atom. The van der Waals surface area contributed by atoms with Crippen LogP contribution in [0.1, 0.15) is 46.0 Å². The fraction of sp³-hybridized carbons (Fsp3) is 1.00. The molecule has 2 unspecified atom stereocenters. The summed E-state index contributed by atoms with van der Waals surface area (Å²) in [5, 5.41) is 0. The van der Waals surface area contributed by atoms with Crippen LogP contribution >= 0.6 is 0 Å². The second-order valence-electron chi connectivity index (χ2n) is 3.69. The second-order valence-corrected chi connectivity index (χ2v) is 3.69. The maximum atomic E-state index is 5.98. The topological polar surface area (TPSA) is 52.0 Å². The summed E-state index contributed by atoms with van der Waals surface area (Å²) in [6.07, 6.45) is 5.98. The van der Waals surface area contributed by atoms with Crippen molar-refractivity contribution < 1.29 is 0 Å². The molecule has 0 rings (SSSR count). The van der Waals surface area contributed by atoms with Crippen molar-refractivity contribution in [1.29, 1.82) is 0 Å². The van der Waals surface area contributed by atoms with Gasteiger partial charge in [0.2, 0.25) is 0 Å². The number of hydrogen-bond acceptors (Lipinski definition) is 2. The van der Waals surface area contributed by atoms with Crippen molar-refractivity contribution in [2.45, 2.75) is 52.0 Å². The van der Waals surface area contributed by atoms with Crippen LogP contribution in [-0.4, -0.2) is 12.6 Å². The van der Waals surface area contributed by atoms with Crippen molar-refractivity contribution in [3.8, 4) is 0 Å². The van der Waals surface area contributed by atoms with Crippen molar-refractivity contribution in [3.63, 3.8) is 0 Å². The number of unbranched alkanes of at least 4 members (excludes halogenated alkanes) is 2. The van der Waals surface area contributed by atoms with Crippen molar-refractivity contribution in [1.82, 2.24) is 0 Å². The van der Waals surface area contributed by atoms with Crippen LogP contribution in [0.5, 0.6) is 0 Å². The van der Waals surface area contributed by atoms with E-state index in [0.29, 0.717) is 12.0 Å². The second kappa shape index (κ2) is 7.56. The maximum Gasteiger partial charge on any atom is 0.00644 e. The zero-order valence-electron chi connectivity index (χ0n) is 8.55. The predicted octanol–water partition coefficient (Wildman–Crippen LogP) is 1.88. The largest absolute Gasteiger partial charge is 0.330 e. The highest BCUT2D eigenvalue weighted by atomic mass is 14.6. The van der Waals surface area contributed by atoms with E-state index in [4.69, 9.17) is 11.5 Å². The molecule has 0 spiro atoms. The Morgan fingerprint density at radius 1 is 1.17 bits per heavy atom. The monoisotopic (exact) mass is 172 g/mol. The van der Waals surface area contributed by atoms with Gasteiger partial charge in [0.05, 0.1) is 0 Å². The highest BCUT2D eigenvalue weighted by Gasteiger charge is 2.09. The van der Waals surface area contributed by atoms with E-state index < -0.39 is 0 Å². The Kier molecular flexibility index (Phi) is 7.51. The number of nitrogens with two attached hydrogens (primary N) is 2. The molecule has 0 saturated heterocycles. The van der Waals surface area contributed by atoms with Crippen LogP contribution in [0.25, 0.3) is 0 Å². The van der Waals surface area contributed by atoms with Crippen LogP contribution in [0.3, 0.4) is 0 Å². The summed E-state index contributed by atoms with van der Waals surface area (Å²) in [5.41, 5.74) is 11.4. The van der Waals surface area contributed by atoms with Gasteiger partial charge in [0.1, 0.15) is 0 Å². The molecule has 0 aliphatic rings.